The molecule has 33 heavy (non-hydrogen) atoms. The van der Waals surface area contributed by atoms with Crippen molar-refractivity contribution >= 4 is 11.5 Å². The molecule has 0 saturated heterocycles. The lowest BCUT2D eigenvalue weighted by Crippen LogP contribution is -2.26. The maximum absolute atomic E-state index is 11.4. The molecule has 3 aromatic carbocycles. The number of unbranched alkanes of at least 4 members (excludes halogenated alkanes) is 1. The van der Waals surface area contributed by atoms with Crippen molar-refractivity contribution in [1.29, 1.82) is 0 Å². The molecule has 0 amide bonds. The number of hydrogen-bond acceptors (Lipinski definition) is 3. The summed E-state index contributed by atoms with van der Waals surface area (Å²) in [5.74, 6) is -0.176. The third-order valence-corrected chi connectivity index (χ3v) is 5.52. The van der Waals surface area contributed by atoms with Crippen molar-refractivity contribution in [3.63, 3.8) is 0 Å². The van der Waals surface area contributed by atoms with Gasteiger partial charge in [0.25, 0.3) is 0 Å². The van der Waals surface area contributed by atoms with E-state index in [4.69, 9.17) is 9.47 Å². The lowest BCUT2D eigenvalue weighted by molar-refractivity contribution is -0.150. The molecule has 0 bridgehead atoms. The summed E-state index contributed by atoms with van der Waals surface area (Å²) >= 11 is 0. The van der Waals surface area contributed by atoms with Crippen molar-refractivity contribution in [2.24, 2.45) is 0 Å². The largest absolute Gasteiger partial charge is 0.490 e. The second-order valence-electron chi connectivity index (χ2n) is 8.04. The number of benzene rings is 3. The highest BCUT2D eigenvalue weighted by molar-refractivity contribution is 5.72. The van der Waals surface area contributed by atoms with Crippen LogP contribution in [0, 0.1) is 0 Å². The molecule has 0 aliphatic carbocycles. The van der Waals surface area contributed by atoms with E-state index in [0.717, 1.165) is 35.3 Å². The van der Waals surface area contributed by atoms with Gasteiger partial charge in [0.15, 0.2) is 6.10 Å². The lowest BCUT2D eigenvalue weighted by Gasteiger charge is -2.14. The Hall–Kier alpha value is -3.37. The molecule has 1 N–H and O–H groups in total. The molecule has 4 heteroatoms. The average Bonchev–Trinajstić information content (AvgIpc) is 2.85. The van der Waals surface area contributed by atoms with E-state index in [0.29, 0.717) is 19.6 Å². The minimum Gasteiger partial charge on any atom is -0.490 e. The highest BCUT2D eigenvalue weighted by Crippen LogP contribution is 2.22. The Morgan fingerprint density at radius 1 is 0.939 bits per heavy atom. The van der Waals surface area contributed by atoms with E-state index < -0.39 is 12.1 Å². The molecule has 0 heterocycles. The molecule has 0 fully saturated rings. The zero-order chi connectivity index (χ0) is 23.5. The van der Waals surface area contributed by atoms with Gasteiger partial charge in [-0.2, -0.15) is 0 Å². The number of aliphatic carboxylic acids is 1. The molecular formula is C29H32O4. The van der Waals surface area contributed by atoms with Gasteiger partial charge in [-0.25, -0.2) is 4.79 Å². The summed E-state index contributed by atoms with van der Waals surface area (Å²) in [7, 11) is 0. The lowest BCUT2D eigenvalue weighted by atomic mass is 10.0. The number of rotatable bonds is 12. The van der Waals surface area contributed by atoms with Gasteiger partial charge in [-0.3, -0.25) is 0 Å². The average molecular weight is 445 g/mol. The molecule has 1 atom stereocenters. The fourth-order valence-corrected chi connectivity index (χ4v) is 3.46. The van der Waals surface area contributed by atoms with Gasteiger partial charge in [0.1, 0.15) is 12.4 Å². The fourth-order valence-electron chi connectivity index (χ4n) is 3.46. The second-order valence-corrected chi connectivity index (χ2v) is 8.04. The quantitative estimate of drug-likeness (QED) is 0.318. The number of carboxylic acid groups (broad SMARTS) is 1. The number of carbonyl (C=O) groups is 1. The molecule has 0 aliphatic heterocycles. The van der Waals surface area contributed by atoms with Gasteiger partial charge in [-0.1, -0.05) is 80.1 Å². The van der Waals surface area contributed by atoms with Gasteiger partial charge in [0.05, 0.1) is 0 Å². The molecule has 0 spiro atoms. The third kappa shape index (κ3) is 7.62. The van der Waals surface area contributed by atoms with Gasteiger partial charge in [-0.15, -0.1) is 0 Å². The van der Waals surface area contributed by atoms with Crippen molar-refractivity contribution in [2.75, 3.05) is 13.2 Å². The van der Waals surface area contributed by atoms with E-state index in [2.05, 4.69) is 56.3 Å². The van der Waals surface area contributed by atoms with E-state index in [1.165, 1.54) is 11.1 Å². The molecule has 0 radical (unpaired) electrons. The Balaban J connectivity index is 1.51. The van der Waals surface area contributed by atoms with Crippen LogP contribution in [0.1, 0.15) is 37.8 Å². The van der Waals surface area contributed by atoms with Crippen molar-refractivity contribution in [1.82, 2.24) is 0 Å². The topological polar surface area (TPSA) is 55.8 Å². The Morgan fingerprint density at radius 2 is 1.61 bits per heavy atom. The van der Waals surface area contributed by atoms with Gasteiger partial charge in [-0.05, 0) is 59.4 Å². The molecular weight excluding hydrogens is 412 g/mol. The maximum Gasteiger partial charge on any atom is 0.333 e. The molecule has 3 aromatic rings. The van der Waals surface area contributed by atoms with Gasteiger partial charge >= 0.3 is 5.97 Å². The predicted molar refractivity (Wildman–Crippen MR) is 133 cm³/mol. The molecule has 4 nitrogen and oxygen atoms in total. The van der Waals surface area contributed by atoms with Crippen LogP contribution in [-0.2, 0) is 16.0 Å². The monoisotopic (exact) mass is 444 g/mol. The Labute approximate surface area is 196 Å². The second kappa shape index (κ2) is 12.6. The summed E-state index contributed by atoms with van der Waals surface area (Å²) in [6.45, 7) is 5.06. The highest BCUT2D eigenvalue weighted by Gasteiger charge is 2.18. The first-order valence-corrected chi connectivity index (χ1v) is 11.5. The molecule has 0 saturated carbocycles. The van der Waals surface area contributed by atoms with Crippen molar-refractivity contribution in [3.8, 4) is 16.9 Å². The summed E-state index contributed by atoms with van der Waals surface area (Å²) in [5, 5.41) is 9.37. The van der Waals surface area contributed by atoms with Crippen molar-refractivity contribution < 1.29 is 19.4 Å². The molecule has 172 valence electrons. The van der Waals surface area contributed by atoms with Crippen LogP contribution >= 0.6 is 0 Å². The first kappa shape index (κ1) is 24.3. The zero-order valence-corrected chi connectivity index (χ0v) is 19.4. The normalized spacial score (nSPS) is 12.4. The van der Waals surface area contributed by atoms with Crippen molar-refractivity contribution in [2.45, 2.75) is 39.2 Å². The summed E-state index contributed by atoms with van der Waals surface area (Å²) in [4.78, 5) is 11.4. The number of ether oxygens (including phenoxy) is 2. The first-order chi connectivity index (χ1) is 16.1. The summed E-state index contributed by atoms with van der Waals surface area (Å²) in [5.41, 5.74) is 5.64. The van der Waals surface area contributed by atoms with Crippen LogP contribution in [0.15, 0.2) is 84.9 Å². The van der Waals surface area contributed by atoms with Gasteiger partial charge < -0.3 is 14.6 Å². The van der Waals surface area contributed by atoms with Crippen LogP contribution in [-0.4, -0.2) is 30.4 Å². The van der Waals surface area contributed by atoms with Crippen LogP contribution < -0.4 is 4.74 Å². The van der Waals surface area contributed by atoms with Crippen LogP contribution in [0.2, 0.25) is 0 Å². The van der Waals surface area contributed by atoms with Gasteiger partial charge in [0.2, 0.25) is 0 Å². The number of carboxylic acids is 1. The predicted octanol–water partition coefficient (Wildman–Crippen LogP) is 6.65. The van der Waals surface area contributed by atoms with Crippen LogP contribution in [0.5, 0.6) is 5.75 Å². The molecule has 3 rings (SSSR count). The van der Waals surface area contributed by atoms with Crippen LogP contribution in [0.4, 0.5) is 0 Å². The summed E-state index contributed by atoms with van der Waals surface area (Å²) < 4.78 is 11.4. The summed E-state index contributed by atoms with van der Waals surface area (Å²) in [6, 6.07) is 26.4. The number of hydrogen-bond donors (Lipinski definition) is 1. The van der Waals surface area contributed by atoms with E-state index in [-0.39, 0.29) is 0 Å². The minimum absolute atomic E-state index is 0.345. The molecule has 0 aliphatic rings. The third-order valence-electron chi connectivity index (χ3n) is 5.52. The van der Waals surface area contributed by atoms with E-state index in [1.807, 2.05) is 42.5 Å². The standard InChI is InChI=1S/C29H32O4/c1-3-4-19-33-28(29(30)31)21-23-10-16-27(17-11-23)32-20-18-22(2)24-12-14-26(15-13-24)25-8-6-5-7-9-25/h5-18,28H,3-4,19-21H2,1-2H3,(H,30,31)/b22-18+. The SMILES string of the molecule is CCCCOC(Cc1ccc(OC/C=C(\C)c2ccc(-c3ccccc3)cc2)cc1)C(=O)O. The minimum atomic E-state index is -0.927. The fraction of sp³-hybridized carbons (Fsp3) is 0.276. The summed E-state index contributed by atoms with van der Waals surface area (Å²) in [6.07, 6.45) is 3.43. The van der Waals surface area contributed by atoms with E-state index in [9.17, 15) is 9.90 Å². The van der Waals surface area contributed by atoms with Crippen LogP contribution in [0.3, 0.4) is 0 Å². The Bertz CT molecular complexity index is 1020. The van der Waals surface area contributed by atoms with Crippen molar-refractivity contribution in [3.05, 3.63) is 96.1 Å². The zero-order valence-electron chi connectivity index (χ0n) is 19.4. The number of allylic oxidation sites excluding steroid dienone is 1. The van der Waals surface area contributed by atoms with Gasteiger partial charge in [0, 0.05) is 13.0 Å². The highest BCUT2D eigenvalue weighted by atomic mass is 16.5. The maximum atomic E-state index is 11.4. The Kier molecular flexibility index (Phi) is 9.28. The van der Waals surface area contributed by atoms with Crippen LogP contribution in [0.25, 0.3) is 16.7 Å². The smallest absolute Gasteiger partial charge is 0.333 e. The first-order valence-electron chi connectivity index (χ1n) is 11.5. The Morgan fingerprint density at radius 3 is 2.24 bits per heavy atom. The molecule has 1 unspecified atom stereocenters. The van der Waals surface area contributed by atoms with E-state index in [1.54, 1.807) is 0 Å². The van der Waals surface area contributed by atoms with E-state index >= 15 is 0 Å². The molecule has 0 aromatic heterocycles.